The van der Waals surface area contributed by atoms with Crippen LogP contribution in [0.1, 0.15) is 13.8 Å². The van der Waals surface area contributed by atoms with Crippen LogP contribution < -0.4 is 5.73 Å². The fourth-order valence-electron chi connectivity index (χ4n) is 0.473. The Bertz CT molecular complexity index is 200. The molecule has 0 aromatic carbocycles. The molecule has 0 heterocycles. The summed E-state index contributed by atoms with van der Waals surface area (Å²) in [5, 5.41) is 0. The zero-order valence-corrected chi connectivity index (χ0v) is 7.99. The van der Waals surface area contributed by atoms with Gasteiger partial charge < -0.3 is 15.2 Å². The molecule has 0 fully saturated rings. The highest BCUT2D eigenvalue weighted by atomic mass is 16.5. The second-order valence-electron chi connectivity index (χ2n) is 2.91. The lowest BCUT2D eigenvalue weighted by Crippen LogP contribution is -2.41. The fourth-order valence-corrected chi connectivity index (χ4v) is 0.473. The second kappa shape index (κ2) is 4.81. The first-order valence-corrected chi connectivity index (χ1v) is 3.75. The summed E-state index contributed by atoms with van der Waals surface area (Å²) in [4.78, 5) is 21.3. The number of esters is 1. The van der Waals surface area contributed by atoms with E-state index in [1.54, 1.807) is 0 Å². The van der Waals surface area contributed by atoms with E-state index in [0.717, 1.165) is 0 Å². The summed E-state index contributed by atoms with van der Waals surface area (Å²) >= 11 is 0. The molecule has 0 aromatic heterocycles. The lowest BCUT2D eigenvalue weighted by molar-refractivity contribution is -0.143. The van der Waals surface area contributed by atoms with Crippen molar-refractivity contribution in [1.29, 1.82) is 0 Å². The van der Waals surface area contributed by atoms with Gasteiger partial charge in [-0.15, -0.1) is 0 Å². The van der Waals surface area contributed by atoms with Crippen LogP contribution in [0.3, 0.4) is 0 Å². The van der Waals surface area contributed by atoms with Gasteiger partial charge in [0.25, 0.3) is 0 Å². The maximum absolute atomic E-state index is 10.7. The van der Waals surface area contributed by atoms with Crippen molar-refractivity contribution in [1.82, 2.24) is 0 Å². The summed E-state index contributed by atoms with van der Waals surface area (Å²) in [6.07, 6.45) is 1.19. The Morgan fingerprint density at radius 3 is 2.38 bits per heavy atom. The maximum Gasteiger partial charge on any atom is 0.311 e. The molecule has 5 heteroatoms. The van der Waals surface area contributed by atoms with Gasteiger partial charge in [-0.3, -0.25) is 9.59 Å². The predicted octanol–water partition coefficient (Wildman–Crippen LogP) is -0.356. The van der Waals surface area contributed by atoms with Crippen LogP contribution in [-0.4, -0.2) is 31.2 Å². The van der Waals surface area contributed by atoms with E-state index in [-0.39, 0.29) is 6.61 Å². The van der Waals surface area contributed by atoms with Crippen LogP contribution >= 0.6 is 0 Å². The zero-order chi connectivity index (χ0) is 10.5. The van der Waals surface area contributed by atoms with E-state index in [0.29, 0.717) is 0 Å². The maximum atomic E-state index is 10.7. The molecule has 0 aromatic rings. The van der Waals surface area contributed by atoms with Gasteiger partial charge in [0.05, 0.1) is 20.1 Å². The normalized spacial score (nSPS) is 11.0. The molecular formula is C8H14NO4. The van der Waals surface area contributed by atoms with E-state index in [1.165, 1.54) is 27.4 Å². The third-order valence-electron chi connectivity index (χ3n) is 1.49. The van der Waals surface area contributed by atoms with E-state index in [2.05, 4.69) is 4.74 Å². The molecule has 0 atom stereocenters. The van der Waals surface area contributed by atoms with Crippen molar-refractivity contribution in [3.63, 3.8) is 0 Å². The van der Waals surface area contributed by atoms with Crippen LogP contribution in [0.25, 0.3) is 0 Å². The molecule has 0 spiro atoms. The molecule has 2 N–H and O–H groups in total. The van der Waals surface area contributed by atoms with E-state index in [9.17, 15) is 9.59 Å². The lowest BCUT2D eigenvalue weighted by atomic mass is 10.1. The lowest BCUT2D eigenvalue weighted by Gasteiger charge is -2.20. The molecule has 1 amide bonds. The van der Waals surface area contributed by atoms with Gasteiger partial charge in [-0.2, -0.15) is 0 Å². The Kier molecular flexibility index (Phi) is 4.40. The first-order chi connectivity index (χ1) is 5.90. The third kappa shape index (κ3) is 4.47. The van der Waals surface area contributed by atoms with Gasteiger partial charge in [0.2, 0.25) is 5.91 Å². The second-order valence-corrected chi connectivity index (χ2v) is 2.91. The molecule has 1 radical (unpaired) electrons. The summed E-state index contributed by atoms with van der Waals surface area (Å²) in [6, 6.07) is 0. The average Bonchev–Trinajstić information content (AvgIpc) is 2.03. The smallest absolute Gasteiger partial charge is 0.311 e. The first-order valence-electron chi connectivity index (χ1n) is 3.75. The fraction of sp³-hybridized carbons (Fsp3) is 0.625. The van der Waals surface area contributed by atoms with Gasteiger partial charge in [0, 0.05) is 0 Å². The Balaban J connectivity index is 3.76. The quantitative estimate of drug-likeness (QED) is 0.598. The number of methoxy groups -OCH3 is 1. The number of carbonyl (C=O) groups is 2. The predicted molar refractivity (Wildman–Crippen MR) is 45.5 cm³/mol. The number of nitrogens with two attached hydrogens (primary N) is 1. The van der Waals surface area contributed by atoms with E-state index in [1.807, 2.05) is 0 Å². The number of primary amides is 1. The molecule has 0 saturated heterocycles. The molecule has 0 aliphatic heterocycles. The van der Waals surface area contributed by atoms with Crippen LogP contribution in [0.4, 0.5) is 0 Å². The molecular weight excluding hydrogens is 174 g/mol. The largest absolute Gasteiger partial charge is 0.469 e. The minimum absolute atomic E-state index is 0.00259. The molecule has 75 valence electrons. The highest BCUT2D eigenvalue weighted by molar-refractivity contribution is 5.82. The highest BCUT2D eigenvalue weighted by Gasteiger charge is 2.25. The van der Waals surface area contributed by atoms with E-state index in [4.69, 9.17) is 10.5 Å². The Labute approximate surface area is 77.2 Å². The summed E-state index contributed by atoms with van der Waals surface area (Å²) in [6.45, 7) is 3.06. The molecule has 0 aliphatic carbocycles. The van der Waals surface area contributed by atoms with Crippen molar-refractivity contribution in [2.75, 3.05) is 13.7 Å². The van der Waals surface area contributed by atoms with Crippen LogP contribution in [0.15, 0.2) is 0 Å². The van der Waals surface area contributed by atoms with Gasteiger partial charge in [0.1, 0.15) is 5.60 Å². The van der Waals surface area contributed by atoms with Gasteiger partial charge in [-0.05, 0) is 13.8 Å². The average molecular weight is 188 g/mol. The number of rotatable bonds is 5. The molecule has 0 aliphatic rings. The van der Waals surface area contributed by atoms with Crippen LogP contribution in [0.5, 0.6) is 0 Å². The first kappa shape index (κ1) is 11.9. The topological polar surface area (TPSA) is 78.6 Å². The summed E-state index contributed by atoms with van der Waals surface area (Å²) in [5.74, 6) is -1.08. The highest BCUT2D eigenvalue weighted by Crippen LogP contribution is 2.07. The molecule has 0 bridgehead atoms. The standard InChI is InChI=1S/C8H14NO4/c1-8(2,7(9)11)13-5-4-6(10)12-3/h4H,5H2,1-3H3,(H2,9,11). The van der Waals surface area contributed by atoms with Crippen molar-refractivity contribution in [2.24, 2.45) is 5.73 Å². The van der Waals surface area contributed by atoms with Crippen molar-refractivity contribution >= 4 is 11.9 Å². The van der Waals surface area contributed by atoms with Crippen LogP contribution in [0.2, 0.25) is 0 Å². The van der Waals surface area contributed by atoms with Gasteiger partial charge in [-0.1, -0.05) is 0 Å². The molecule has 0 rings (SSSR count). The van der Waals surface area contributed by atoms with Crippen molar-refractivity contribution in [3.8, 4) is 0 Å². The molecule has 0 saturated carbocycles. The summed E-state index contributed by atoms with van der Waals surface area (Å²) < 4.78 is 9.37. The number of hydrogen-bond acceptors (Lipinski definition) is 4. The van der Waals surface area contributed by atoms with Crippen LogP contribution in [-0.2, 0) is 19.1 Å². The number of carbonyl (C=O) groups excluding carboxylic acids is 2. The van der Waals surface area contributed by atoms with Crippen molar-refractivity contribution in [2.45, 2.75) is 19.4 Å². The number of hydrogen-bond donors (Lipinski definition) is 1. The van der Waals surface area contributed by atoms with Gasteiger partial charge >= 0.3 is 5.97 Å². The van der Waals surface area contributed by atoms with Crippen molar-refractivity contribution in [3.05, 3.63) is 6.42 Å². The number of amides is 1. The summed E-state index contributed by atoms with van der Waals surface area (Å²) in [5.41, 5.74) is 3.96. The van der Waals surface area contributed by atoms with Crippen LogP contribution in [0, 0.1) is 6.42 Å². The molecule has 13 heavy (non-hydrogen) atoms. The zero-order valence-electron chi connectivity index (χ0n) is 7.99. The molecule has 0 unspecified atom stereocenters. The van der Waals surface area contributed by atoms with E-state index >= 15 is 0 Å². The van der Waals surface area contributed by atoms with Crippen molar-refractivity contribution < 1.29 is 19.1 Å². The SMILES string of the molecule is COC(=O)[CH]COC(C)(C)C(N)=O. The monoisotopic (exact) mass is 188 g/mol. The Morgan fingerprint density at radius 2 is 2.00 bits per heavy atom. The Hall–Kier alpha value is -1.10. The Morgan fingerprint density at radius 1 is 1.46 bits per heavy atom. The minimum Gasteiger partial charge on any atom is -0.469 e. The minimum atomic E-state index is -1.06. The molecule has 5 nitrogen and oxygen atoms in total. The summed E-state index contributed by atoms with van der Waals surface area (Å²) in [7, 11) is 1.26. The third-order valence-corrected chi connectivity index (χ3v) is 1.49. The van der Waals surface area contributed by atoms with Gasteiger partial charge in [-0.25, -0.2) is 0 Å². The van der Waals surface area contributed by atoms with Gasteiger partial charge in [0.15, 0.2) is 0 Å². The van der Waals surface area contributed by atoms with E-state index < -0.39 is 17.5 Å². The number of ether oxygens (including phenoxy) is 2.